The van der Waals surface area contributed by atoms with Gasteiger partial charge in [0.25, 0.3) is 5.91 Å². The van der Waals surface area contributed by atoms with Gasteiger partial charge in [0.15, 0.2) is 11.5 Å². The minimum atomic E-state index is -0.111. The van der Waals surface area contributed by atoms with E-state index < -0.39 is 0 Å². The van der Waals surface area contributed by atoms with Crippen LogP contribution in [0.5, 0.6) is 17.2 Å². The lowest BCUT2D eigenvalue weighted by Crippen LogP contribution is -2.26. The summed E-state index contributed by atoms with van der Waals surface area (Å²) in [5.74, 6) is 2.34. The number of hydrogen-bond donors (Lipinski definition) is 2. The van der Waals surface area contributed by atoms with Gasteiger partial charge in [-0.05, 0) is 63.0 Å². The van der Waals surface area contributed by atoms with E-state index in [2.05, 4.69) is 10.6 Å². The van der Waals surface area contributed by atoms with Gasteiger partial charge < -0.3 is 20.1 Å². The van der Waals surface area contributed by atoms with E-state index in [1.54, 1.807) is 12.1 Å². The third-order valence-corrected chi connectivity index (χ3v) is 4.50. The smallest absolute Gasteiger partial charge is 0.255 e. The molecule has 0 spiro atoms. The Kier molecular flexibility index (Phi) is 8.43. The van der Waals surface area contributed by atoms with Crippen molar-refractivity contribution < 1.29 is 14.3 Å². The standard InChI is InChI=1S/C21H26N2O3.ClH/c1-2-25-19-9-5-6-10-20(19)26-18-8-4-3-7-17(18)21(24)23-14-12-16-11-13-22-15-16;/h3-10,16,22H,2,11-15H2,1H3,(H,23,24);1H. The van der Waals surface area contributed by atoms with Crippen molar-refractivity contribution in [1.29, 1.82) is 0 Å². The van der Waals surface area contributed by atoms with Crippen molar-refractivity contribution >= 4 is 18.3 Å². The molecule has 1 fully saturated rings. The molecule has 0 bridgehead atoms. The van der Waals surface area contributed by atoms with Crippen LogP contribution in [0.1, 0.15) is 30.1 Å². The second-order valence-electron chi connectivity index (χ2n) is 6.38. The van der Waals surface area contributed by atoms with Crippen LogP contribution in [0.2, 0.25) is 0 Å². The Labute approximate surface area is 166 Å². The summed E-state index contributed by atoms with van der Waals surface area (Å²) < 4.78 is 11.6. The fourth-order valence-electron chi connectivity index (χ4n) is 3.12. The molecule has 6 heteroatoms. The average Bonchev–Trinajstić information content (AvgIpc) is 3.17. The number of benzene rings is 2. The molecule has 2 N–H and O–H groups in total. The number of ether oxygens (including phenoxy) is 2. The van der Waals surface area contributed by atoms with Crippen molar-refractivity contribution in [2.24, 2.45) is 5.92 Å². The highest BCUT2D eigenvalue weighted by Gasteiger charge is 2.17. The molecule has 0 saturated carbocycles. The van der Waals surface area contributed by atoms with Crippen LogP contribution < -0.4 is 20.1 Å². The fourth-order valence-corrected chi connectivity index (χ4v) is 3.12. The third kappa shape index (κ3) is 5.88. The predicted molar refractivity (Wildman–Crippen MR) is 109 cm³/mol. The summed E-state index contributed by atoms with van der Waals surface area (Å²) in [6.07, 6.45) is 2.18. The molecule has 1 unspecified atom stereocenters. The van der Waals surface area contributed by atoms with Crippen molar-refractivity contribution in [2.75, 3.05) is 26.2 Å². The summed E-state index contributed by atoms with van der Waals surface area (Å²) in [5.41, 5.74) is 0.531. The van der Waals surface area contributed by atoms with Gasteiger partial charge in [0.05, 0.1) is 12.2 Å². The van der Waals surface area contributed by atoms with E-state index in [0.29, 0.717) is 41.9 Å². The summed E-state index contributed by atoms with van der Waals surface area (Å²) in [5, 5.41) is 6.36. The Hall–Kier alpha value is -2.24. The highest BCUT2D eigenvalue weighted by atomic mass is 35.5. The number of nitrogens with one attached hydrogen (secondary N) is 2. The lowest BCUT2D eigenvalue weighted by Gasteiger charge is -2.14. The summed E-state index contributed by atoms with van der Waals surface area (Å²) >= 11 is 0. The number of halogens is 1. The Bertz CT molecular complexity index is 733. The van der Waals surface area contributed by atoms with E-state index in [9.17, 15) is 4.79 Å². The Morgan fingerprint density at radius 3 is 2.52 bits per heavy atom. The summed E-state index contributed by atoms with van der Waals surface area (Å²) in [4.78, 5) is 12.6. The Morgan fingerprint density at radius 2 is 1.81 bits per heavy atom. The Balaban J connectivity index is 0.00000261. The molecule has 1 aliphatic rings. The molecule has 27 heavy (non-hydrogen) atoms. The zero-order valence-corrected chi connectivity index (χ0v) is 16.4. The first-order valence-electron chi connectivity index (χ1n) is 9.25. The van der Waals surface area contributed by atoms with Crippen molar-refractivity contribution in [3.63, 3.8) is 0 Å². The van der Waals surface area contributed by atoms with Gasteiger partial charge in [0, 0.05) is 6.54 Å². The number of carbonyl (C=O) groups excluding carboxylic acids is 1. The number of carbonyl (C=O) groups is 1. The molecule has 2 aromatic carbocycles. The number of amides is 1. The van der Waals surface area contributed by atoms with Gasteiger partial charge >= 0.3 is 0 Å². The lowest BCUT2D eigenvalue weighted by atomic mass is 10.1. The van der Waals surface area contributed by atoms with E-state index in [0.717, 1.165) is 19.5 Å². The summed E-state index contributed by atoms with van der Waals surface area (Å²) in [6.45, 7) is 5.28. The van der Waals surface area contributed by atoms with E-state index in [4.69, 9.17) is 9.47 Å². The van der Waals surface area contributed by atoms with Gasteiger partial charge in [-0.3, -0.25) is 4.79 Å². The predicted octanol–water partition coefficient (Wildman–Crippen LogP) is 4.03. The molecular formula is C21H27ClN2O3. The van der Waals surface area contributed by atoms with Crippen LogP contribution in [-0.4, -0.2) is 32.1 Å². The van der Waals surface area contributed by atoms with Crippen LogP contribution in [-0.2, 0) is 0 Å². The fraction of sp³-hybridized carbons (Fsp3) is 0.381. The molecule has 146 valence electrons. The van der Waals surface area contributed by atoms with Crippen molar-refractivity contribution in [1.82, 2.24) is 10.6 Å². The van der Waals surface area contributed by atoms with Gasteiger partial charge in [-0.25, -0.2) is 0 Å². The van der Waals surface area contributed by atoms with E-state index in [1.807, 2.05) is 43.3 Å². The van der Waals surface area contributed by atoms with E-state index >= 15 is 0 Å². The molecule has 1 atom stereocenters. The zero-order valence-electron chi connectivity index (χ0n) is 15.6. The molecule has 3 rings (SSSR count). The SMILES string of the molecule is CCOc1ccccc1Oc1ccccc1C(=O)NCCC1CCNC1.Cl. The maximum Gasteiger partial charge on any atom is 0.255 e. The van der Waals surface area contributed by atoms with Gasteiger partial charge in [-0.1, -0.05) is 24.3 Å². The number of rotatable bonds is 8. The topological polar surface area (TPSA) is 59.6 Å². The quantitative estimate of drug-likeness (QED) is 0.714. The maximum atomic E-state index is 12.6. The van der Waals surface area contributed by atoms with Crippen LogP contribution in [0, 0.1) is 5.92 Å². The highest BCUT2D eigenvalue weighted by Crippen LogP contribution is 2.32. The third-order valence-electron chi connectivity index (χ3n) is 4.50. The minimum absolute atomic E-state index is 0. The summed E-state index contributed by atoms with van der Waals surface area (Å²) in [6, 6.07) is 14.8. The van der Waals surface area contributed by atoms with Gasteiger partial charge in [-0.2, -0.15) is 0 Å². The molecule has 1 aliphatic heterocycles. The van der Waals surface area contributed by atoms with Crippen LogP contribution in [0.25, 0.3) is 0 Å². The molecule has 0 aromatic heterocycles. The first-order valence-corrected chi connectivity index (χ1v) is 9.25. The second-order valence-corrected chi connectivity index (χ2v) is 6.38. The maximum absolute atomic E-state index is 12.6. The second kappa shape index (κ2) is 10.8. The minimum Gasteiger partial charge on any atom is -0.490 e. The molecule has 1 saturated heterocycles. The average molecular weight is 391 g/mol. The molecule has 2 aromatic rings. The van der Waals surface area contributed by atoms with E-state index in [-0.39, 0.29) is 18.3 Å². The molecule has 0 radical (unpaired) electrons. The van der Waals surface area contributed by atoms with Crippen molar-refractivity contribution in [3.8, 4) is 17.2 Å². The first-order chi connectivity index (χ1) is 12.8. The number of para-hydroxylation sites is 3. The van der Waals surface area contributed by atoms with Crippen molar-refractivity contribution in [2.45, 2.75) is 19.8 Å². The van der Waals surface area contributed by atoms with Gasteiger partial charge in [0.2, 0.25) is 0 Å². The molecular weight excluding hydrogens is 364 g/mol. The largest absolute Gasteiger partial charge is 0.490 e. The van der Waals surface area contributed by atoms with E-state index in [1.165, 1.54) is 6.42 Å². The van der Waals surface area contributed by atoms with Crippen LogP contribution in [0.15, 0.2) is 48.5 Å². The van der Waals surface area contributed by atoms with Gasteiger partial charge in [0.1, 0.15) is 5.75 Å². The zero-order chi connectivity index (χ0) is 18.2. The molecule has 0 aliphatic carbocycles. The van der Waals surface area contributed by atoms with Crippen molar-refractivity contribution in [3.05, 3.63) is 54.1 Å². The van der Waals surface area contributed by atoms with Crippen LogP contribution in [0.4, 0.5) is 0 Å². The van der Waals surface area contributed by atoms with Crippen LogP contribution >= 0.6 is 12.4 Å². The molecule has 1 amide bonds. The lowest BCUT2D eigenvalue weighted by molar-refractivity contribution is 0.0949. The highest BCUT2D eigenvalue weighted by molar-refractivity contribution is 5.97. The molecule has 1 heterocycles. The van der Waals surface area contributed by atoms with Crippen LogP contribution in [0.3, 0.4) is 0 Å². The normalized spacial score (nSPS) is 15.7. The van der Waals surface area contributed by atoms with Gasteiger partial charge in [-0.15, -0.1) is 12.4 Å². The Morgan fingerprint density at radius 1 is 1.11 bits per heavy atom. The monoisotopic (exact) mass is 390 g/mol. The summed E-state index contributed by atoms with van der Waals surface area (Å²) in [7, 11) is 0. The first kappa shape index (κ1) is 21.1. The number of hydrogen-bond acceptors (Lipinski definition) is 4. The molecule has 5 nitrogen and oxygen atoms in total.